The van der Waals surface area contributed by atoms with Crippen molar-refractivity contribution in [2.24, 2.45) is 5.92 Å². The number of hydrogen-bond donors (Lipinski definition) is 3. The first-order valence-corrected chi connectivity index (χ1v) is 11.6. The first kappa shape index (κ1) is 24.9. The number of nitrogens with one attached hydrogen (secondary N) is 2. The van der Waals surface area contributed by atoms with Crippen molar-refractivity contribution in [1.29, 1.82) is 0 Å². The lowest BCUT2D eigenvalue weighted by Crippen LogP contribution is -2.28. The van der Waals surface area contributed by atoms with Crippen LogP contribution in [-0.4, -0.2) is 44.0 Å². The number of likely N-dealkylation sites (tertiary alicyclic amines) is 1. The summed E-state index contributed by atoms with van der Waals surface area (Å²) in [5.41, 5.74) is 9.32. The Bertz CT molecular complexity index is 1280. The van der Waals surface area contributed by atoms with Gasteiger partial charge in [0.05, 0.1) is 24.4 Å². The molecule has 7 nitrogen and oxygen atoms in total. The number of hydrogen-bond acceptors (Lipinski definition) is 5. The van der Waals surface area contributed by atoms with E-state index in [0.717, 1.165) is 17.7 Å². The quantitative estimate of drug-likeness (QED) is 0.339. The molecule has 1 heterocycles. The van der Waals surface area contributed by atoms with E-state index in [-0.39, 0.29) is 29.4 Å². The fraction of sp³-hybridized carbons (Fsp3) is 0.214. The lowest BCUT2D eigenvalue weighted by molar-refractivity contribution is -0.119. The summed E-state index contributed by atoms with van der Waals surface area (Å²) in [6.07, 6.45) is 3.18. The second-order valence-electron chi connectivity index (χ2n) is 8.85. The number of benzene rings is 3. The molecule has 3 aromatic rings. The molecule has 186 valence electrons. The molecule has 4 N–H and O–H groups in total. The first-order chi connectivity index (χ1) is 17.3. The van der Waals surface area contributed by atoms with Crippen molar-refractivity contribution in [2.45, 2.75) is 5.92 Å². The van der Waals surface area contributed by atoms with Crippen LogP contribution in [0.2, 0.25) is 0 Å². The molecule has 1 saturated heterocycles. The van der Waals surface area contributed by atoms with Gasteiger partial charge in [-0.2, -0.15) is 0 Å². The molecule has 8 heteroatoms. The predicted octanol–water partition coefficient (Wildman–Crippen LogP) is 4.35. The molecule has 1 aliphatic rings. The third-order valence-corrected chi connectivity index (χ3v) is 6.27. The minimum absolute atomic E-state index is 0.000252. The highest BCUT2D eigenvalue weighted by Crippen LogP contribution is 2.33. The third-order valence-electron chi connectivity index (χ3n) is 6.27. The van der Waals surface area contributed by atoms with Crippen molar-refractivity contribution in [3.05, 3.63) is 89.8 Å². The molecule has 0 aromatic heterocycles. The molecule has 36 heavy (non-hydrogen) atoms. The van der Waals surface area contributed by atoms with Gasteiger partial charge in [-0.05, 0) is 48.5 Å². The topological polar surface area (TPSA) is 96.7 Å². The summed E-state index contributed by atoms with van der Waals surface area (Å²) in [6, 6.07) is 19.2. The van der Waals surface area contributed by atoms with E-state index in [9.17, 15) is 14.0 Å². The summed E-state index contributed by atoms with van der Waals surface area (Å²) in [5, 5.41) is 5.66. The standard InChI is InChI=1S/C28H29FN4O3/c1-33-16-21(22(17-33)28(35)31-20-12-13-23(29)26(15-20)36-2)19-10-7-18(8-11-19)9-14-27(34)32-25-6-4-3-5-24(25)30/h3-15,21-22H,16-17,30H2,1-2H3,(H,31,35)(H,32,34)/b14-9+. The molecular formula is C28H29FN4O3. The Hall–Kier alpha value is -4.17. The average Bonchev–Trinajstić information content (AvgIpc) is 3.27. The largest absolute Gasteiger partial charge is 0.494 e. The van der Waals surface area contributed by atoms with Crippen molar-refractivity contribution in [1.82, 2.24) is 4.90 Å². The number of likely N-dealkylation sites (N-methyl/N-ethyl adjacent to an activating group) is 1. The normalized spacial score (nSPS) is 17.8. The Morgan fingerprint density at radius 1 is 1.06 bits per heavy atom. The fourth-order valence-corrected chi connectivity index (χ4v) is 4.39. The highest BCUT2D eigenvalue weighted by molar-refractivity contribution is 6.03. The lowest BCUT2D eigenvalue weighted by Gasteiger charge is -2.19. The second-order valence-corrected chi connectivity index (χ2v) is 8.85. The molecule has 4 rings (SSSR count). The average molecular weight is 489 g/mol. The monoisotopic (exact) mass is 488 g/mol. The van der Waals surface area contributed by atoms with Crippen molar-refractivity contribution >= 4 is 35.0 Å². The van der Waals surface area contributed by atoms with E-state index in [4.69, 9.17) is 10.5 Å². The van der Waals surface area contributed by atoms with Crippen LogP contribution in [0.15, 0.2) is 72.8 Å². The van der Waals surface area contributed by atoms with E-state index in [0.29, 0.717) is 23.6 Å². The van der Waals surface area contributed by atoms with Crippen LogP contribution in [0.3, 0.4) is 0 Å². The maximum absolute atomic E-state index is 13.7. The summed E-state index contributed by atoms with van der Waals surface area (Å²) in [5.74, 6) is -1.07. The van der Waals surface area contributed by atoms with Gasteiger partial charge in [0.2, 0.25) is 11.8 Å². The van der Waals surface area contributed by atoms with E-state index in [1.165, 1.54) is 31.4 Å². The molecule has 2 unspecified atom stereocenters. The SMILES string of the molecule is COc1cc(NC(=O)C2CN(C)CC2c2ccc(/C=C/C(=O)Nc3ccccc3N)cc2)ccc1F. The van der Waals surface area contributed by atoms with Crippen molar-refractivity contribution in [2.75, 3.05) is 43.6 Å². The molecule has 2 amide bonds. The van der Waals surface area contributed by atoms with Gasteiger partial charge in [-0.1, -0.05) is 36.4 Å². The molecule has 2 atom stereocenters. The van der Waals surface area contributed by atoms with E-state index in [2.05, 4.69) is 15.5 Å². The number of nitrogens with zero attached hydrogens (tertiary/aromatic N) is 1. The fourth-order valence-electron chi connectivity index (χ4n) is 4.39. The third kappa shape index (κ3) is 5.90. The van der Waals surface area contributed by atoms with E-state index in [1.807, 2.05) is 31.3 Å². The van der Waals surface area contributed by atoms with Gasteiger partial charge < -0.3 is 26.0 Å². The number of rotatable bonds is 7. The molecule has 0 radical (unpaired) electrons. The Kier molecular flexibility index (Phi) is 7.65. The minimum atomic E-state index is -0.482. The lowest BCUT2D eigenvalue weighted by atomic mass is 9.88. The number of para-hydroxylation sites is 2. The van der Waals surface area contributed by atoms with Gasteiger partial charge in [-0.15, -0.1) is 0 Å². The van der Waals surface area contributed by atoms with Crippen molar-refractivity contribution in [3.63, 3.8) is 0 Å². The van der Waals surface area contributed by atoms with Gasteiger partial charge in [-0.25, -0.2) is 4.39 Å². The zero-order valence-electron chi connectivity index (χ0n) is 20.2. The van der Waals surface area contributed by atoms with E-state index in [1.54, 1.807) is 30.3 Å². The van der Waals surface area contributed by atoms with Gasteiger partial charge in [0.15, 0.2) is 11.6 Å². The summed E-state index contributed by atoms with van der Waals surface area (Å²) >= 11 is 0. The zero-order chi connectivity index (χ0) is 25.7. The second kappa shape index (κ2) is 11.0. The maximum atomic E-state index is 13.7. The smallest absolute Gasteiger partial charge is 0.248 e. The molecular weight excluding hydrogens is 459 g/mol. The zero-order valence-corrected chi connectivity index (χ0v) is 20.2. The number of carbonyl (C=O) groups is 2. The number of nitrogen functional groups attached to an aromatic ring is 1. The number of carbonyl (C=O) groups excluding carboxylic acids is 2. The van der Waals surface area contributed by atoms with E-state index >= 15 is 0 Å². The Balaban J connectivity index is 1.42. The Morgan fingerprint density at radius 2 is 1.81 bits per heavy atom. The molecule has 0 spiro atoms. The van der Waals surface area contributed by atoms with Crippen LogP contribution >= 0.6 is 0 Å². The van der Waals surface area contributed by atoms with Crippen LogP contribution in [0, 0.1) is 11.7 Å². The van der Waals surface area contributed by atoms with Gasteiger partial charge in [0.25, 0.3) is 0 Å². The summed E-state index contributed by atoms with van der Waals surface area (Å²) in [7, 11) is 3.37. The van der Waals surface area contributed by atoms with Crippen LogP contribution in [0.4, 0.5) is 21.5 Å². The number of halogens is 1. The van der Waals surface area contributed by atoms with Gasteiger partial charge >= 0.3 is 0 Å². The molecule has 0 saturated carbocycles. The summed E-state index contributed by atoms with van der Waals surface area (Å²) < 4.78 is 18.7. The number of anilines is 3. The predicted molar refractivity (Wildman–Crippen MR) is 140 cm³/mol. The summed E-state index contributed by atoms with van der Waals surface area (Å²) in [6.45, 7) is 1.35. The number of nitrogens with two attached hydrogens (primary N) is 1. The van der Waals surface area contributed by atoms with Crippen LogP contribution < -0.4 is 21.1 Å². The number of methoxy groups -OCH3 is 1. The molecule has 1 fully saturated rings. The highest BCUT2D eigenvalue weighted by atomic mass is 19.1. The maximum Gasteiger partial charge on any atom is 0.248 e. The van der Waals surface area contributed by atoms with Crippen LogP contribution in [-0.2, 0) is 9.59 Å². The van der Waals surface area contributed by atoms with Gasteiger partial charge in [-0.3, -0.25) is 9.59 Å². The van der Waals surface area contributed by atoms with Crippen LogP contribution in [0.25, 0.3) is 6.08 Å². The molecule has 1 aliphatic heterocycles. The molecule has 0 aliphatic carbocycles. The molecule has 3 aromatic carbocycles. The number of amides is 2. The Morgan fingerprint density at radius 3 is 2.53 bits per heavy atom. The Labute approximate surface area is 209 Å². The van der Waals surface area contributed by atoms with Crippen LogP contribution in [0.5, 0.6) is 5.75 Å². The van der Waals surface area contributed by atoms with Crippen molar-refractivity contribution in [3.8, 4) is 5.75 Å². The minimum Gasteiger partial charge on any atom is -0.494 e. The van der Waals surface area contributed by atoms with Crippen molar-refractivity contribution < 1.29 is 18.7 Å². The van der Waals surface area contributed by atoms with Gasteiger partial charge in [0.1, 0.15) is 0 Å². The number of ether oxygens (including phenoxy) is 1. The summed E-state index contributed by atoms with van der Waals surface area (Å²) in [4.78, 5) is 27.5. The van der Waals surface area contributed by atoms with Gasteiger partial charge in [0, 0.05) is 36.8 Å². The first-order valence-electron chi connectivity index (χ1n) is 11.6. The highest BCUT2D eigenvalue weighted by Gasteiger charge is 2.37. The molecule has 0 bridgehead atoms. The van der Waals surface area contributed by atoms with Crippen LogP contribution in [0.1, 0.15) is 17.0 Å². The van der Waals surface area contributed by atoms with E-state index < -0.39 is 5.82 Å².